The maximum atomic E-state index is 13.5. The molecule has 3 aliphatic rings. The number of alkyl halides is 3. The number of halogens is 3. The molecule has 1 spiro atoms. The number of aromatic nitrogens is 2. The van der Waals surface area contributed by atoms with Crippen molar-refractivity contribution in [1.82, 2.24) is 15.3 Å². The van der Waals surface area contributed by atoms with E-state index in [1.54, 1.807) is 0 Å². The molecule has 2 saturated heterocycles. The van der Waals surface area contributed by atoms with E-state index < -0.39 is 11.9 Å². The Morgan fingerprint density at radius 3 is 2.44 bits per heavy atom. The molecule has 0 saturated carbocycles. The quantitative estimate of drug-likeness (QED) is 0.842. The number of nitrogens with one attached hydrogen (secondary N) is 1. The number of nitrogens with zero attached hydrogens (tertiary/aromatic N) is 3. The monoisotopic (exact) mass is 354 g/mol. The summed E-state index contributed by atoms with van der Waals surface area (Å²) in [6, 6.07) is 0. The molecular formula is C17H21F3N4O. The highest BCUT2D eigenvalue weighted by Gasteiger charge is 2.42. The van der Waals surface area contributed by atoms with Gasteiger partial charge < -0.3 is 10.2 Å². The predicted octanol–water partition coefficient (Wildman–Crippen LogP) is 2.48. The van der Waals surface area contributed by atoms with E-state index in [4.69, 9.17) is 0 Å². The number of carbonyl (C=O) groups excluding carboxylic acids is 1. The minimum Gasteiger partial charge on any atom is -0.356 e. The molecule has 0 radical (unpaired) electrons. The standard InChI is InChI=1S/C17H21F3N4O/c18-17(19,20)14-11-3-1-2-4-12(11)22-15(23-14)24-7-5-16(6-8-24)9-13(25)21-10-16/h1-10H2,(H,21,25). The SMILES string of the molecule is O=C1CC2(CCN(c3nc4c(c(C(F)(F)F)n3)CCCC4)CC2)CN1. The Bertz CT molecular complexity index is 696. The molecule has 136 valence electrons. The van der Waals surface area contributed by atoms with Gasteiger partial charge in [0.15, 0.2) is 5.69 Å². The first-order valence-electron chi connectivity index (χ1n) is 8.85. The van der Waals surface area contributed by atoms with Crippen LogP contribution in [-0.4, -0.2) is 35.5 Å². The minimum absolute atomic E-state index is 0.0470. The van der Waals surface area contributed by atoms with Gasteiger partial charge in [0.25, 0.3) is 0 Å². The normalized spacial score (nSPS) is 22.8. The summed E-state index contributed by atoms with van der Waals surface area (Å²) in [5.74, 6) is 0.262. The summed E-state index contributed by atoms with van der Waals surface area (Å²) in [6.07, 6.45) is 0.230. The first-order chi connectivity index (χ1) is 11.9. The number of amides is 1. The highest BCUT2D eigenvalue weighted by atomic mass is 19.4. The van der Waals surface area contributed by atoms with Crippen molar-refractivity contribution in [2.75, 3.05) is 24.5 Å². The lowest BCUT2D eigenvalue weighted by Gasteiger charge is -2.38. The zero-order valence-electron chi connectivity index (χ0n) is 14.0. The number of piperidine rings is 1. The van der Waals surface area contributed by atoms with Crippen LogP contribution < -0.4 is 10.2 Å². The molecule has 1 aromatic rings. The highest BCUT2D eigenvalue weighted by Crippen LogP contribution is 2.40. The minimum atomic E-state index is -4.45. The summed E-state index contributed by atoms with van der Waals surface area (Å²) < 4.78 is 40.4. The molecular weight excluding hydrogens is 333 g/mol. The Morgan fingerprint density at radius 1 is 1.08 bits per heavy atom. The van der Waals surface area contributed by atoms with Crippen LogP contribution in [0.4, 0.5) is 19.1 Å². The van der Waals surface area contributed by atoms with Gasteiger partial charge in [-0.05, 0) is 43.9 Å². The summed E-state index contributed by atoms with van der Waals surface area (Å²) in [7, 11) is 0. The third-order valence-corrected chi connectivity index (χ3v) is 5.74. The largest absolute Gasteiger partial charge is 0.433 e. The Labute approximate surface area is 144 Å². The van der Waals surface area contributed by atoms with Crippen molar-refractivity contribution < 1.29 is 18.0 Å². The molecule has 1 aromatic heterocycles. The summed E-state index contributed by atoms with van der Waals surface area (Å²) in [5, 5.41) is 2.87. The van der Waals surface area contributed by atoms with Gasteiger partial charge >= 0.3 is 6.18 Å². The molecule has 0 aromatic carbocycles. The Kier molecular flexibility index (Phi) is 3.88. The second kappa shape index (κ2) is 5.85. The van der Waals surface area contributed by atoms with E-state index >= 15 is 0 Å². The van der Waals surface area contributed by atoms with Crippen LogP contribution in [0.15, 0.2) is 0 Å². The molecule has 1 aliphatic carbocycles. The fourth-order valence-corrected chi connectivity index (χ4v) is 4.24. The van der Waals surface area contributed by atoms with Crippen LogP contribution in [-0.2, 0) is 23.8 Å². The van der Waals surface area contributed by atoms with Gasteiger partial charge in [-0.3, -0.25) is 4.79 Å². The Balaban J connectivity index is 1.60. The molecule has 2 fully saturated rings. The van der Waals surface area contributed by atoms with E-state index in [1.165, 1.54) is 0 Å². The van der Waals surface area contributed by atoms with Crippen LogP contribution in [0.5, 0.6) is 0 Å². The van der Waals surface area contributed by atoms with E-state index in [0.29, 0.717) is 44.6 Å². The maximum Gasteiger partial charge on any atom is 0.433 e. The average molecular weight is 354 g/mol. The van der Waals surface area contributed by atoms with Crippen molar-refractivity contribution in [2.24, 2.45) is 5.41 Å². The lowest BCUT2D eigenvalue weighted by atomic mass is 9.78. The summed E-state index contributed by atoms with van der Waals surface area (Å²) in [5.41, 5.74) is 0.0302. The van der Waals surface area contributed by atoms with Crippen LogP contribution >= 0.6 is 0 Å². The van der Waals surface area contributed by atoms with E-state index in [2.05, 4.69) is 15.3 Å². The van der Waals surface area contributed by atoms with Crippen molar-refractivity contribution in [3.05, 3.63) is 17.0 Å². The van der Waals surface area contributed by atoms with Crippen molar-refractivity contribution in [1.29, 1.82) is 0 Å². The fourth-order valence-electron chi connectivity index (χ4n) is 4.24. The first-order valence-corrected chi connectivity index (χ1v) is 8.85. The number of aryl methyl sites for hydroxylation is 1. The molecule has 2 aliphatic heterocycles. The van der Waals surface area contributed by atoms with Gasteiger partial charge in [0.2, 0.25) is 11.9 Å². The van der Waals surface area contributed by atoms with Crippen LogP contribution in [0, 0.1) is 5.41 Å². The van der Waals surface area contributed by atoms with E-state index in [0.717, 1.165) is 25.7 Å². The third kappa shape index (κ3) is 3.06. The zero-order valence-corrected chi connectivity index (χ0v) is 14.0. The Hall–Kier alpha value is -1.86. The van der Waals surface area contributed by atoms with Crippen molar-refractivity contribution in [3.63, 3.8) is 0 Å². The van der Waals surface area contributed by atoms with Crippen LogP contribution in [0.3, 0.4) is 0 Å². The van der Waals surface area contributed by atoms with Gasteiger partial charge in [-0.25, -0.2) is 9.97 Å². The topological polar surface area (TPSA) is 58.1 Å². The van der Waals surface area contributed by atoms with Crippen LogP contribution in [0.1, 0.15) is 49.1 Å². The van der Waals surface area contributed by atoms with Gasteiger partial charge in [-0.15, -0.1) is 0 Å². The van der Waals surface area contributed by atoms with Gasteiger partial charge in [0, 0.05) is 37.3 Å². The molecule has 3 heterocycles. The first kappa shape index (κ1) is 16.6. The average Bonchev–Trinajstić information content (AvgIpc) is 2.94. The molecule has 25 heavy (non-hydrogen) atoms. The maximum absolute atomic E-state index is 13.5. The van der Waals surface area contributed by atoms with Gasteiger partial charge in [0.1, 0.15) is 0 Å². The summed E-state index contributed by atoms with van der Waals surface area (Å²) >= 11 is 0. The van der Waals surface area contributed by atoms with Gasteiger partial charge in [-0.1, -0.05) is 0 Å². The second-order valence-electron chi connectivity index (χ2n) is 7.44. The number of anilines is 1. The van der Waals surface area contributed by atoms with E-state index in [9.17, 15) is 18.0 Å². The molecule has 4 rings (SSSR count). The third-order valence-electron chi connectivity index (χ3n) is 5.74. The van der Waals surface area contributed by atoms with Crippen molar-refractivity contribution in [3.8, 4) is 0 Å². The summed E-state index contributed by atoms with van der Waals surface area (Å²) in [6.45, 7) is 1.84. The van der Waals surface area contributed by atoms with Gasteiger partial charge in [0.05, 0.1) is 0 Å². The zero-order chi connectivity index (χ0) is 17.7. The molecule has 0 atom stereocenters. The lowest BCUT2D eigenvalue weighted by Crippen LogP contribution is -2.42. The molecule has 8 heteroatoms. The molecule has 0 bridgehead atoms. The molecule has 1 N–H and O–H groups in total. The smallest absolute Gasteiger partial charge is 0.356 e. The number of fused-ring (bicyclic) bond motifs is 1. The number of rotatable bonds is 1. The molecule has 5 nitrogen and oxygen atoms in total. The van der Waals surface area contributed by atoms with E-state index in [-0.39, 0.29) is 22.8 Å². The number of hydrogen-bond donors (Lipinski definition) is 1. The number of carbonyl (C=O) groups is 1. The van der Waals surface area contributed by atoms with Gasteiger partial charge in [-0.2, -0.15) is 13.2 Å². The fraction of sp³-hybridized carbons (Fsp3) is 0.706. The predicted molar refractivity (Wildman–Crippen MR) is 85.2 cm³/mol. The summed E-state index contributed by atoms with van der Waals surface area (Å²) in [4.78, 5) is 21.7. The van der Waals surface area contributed by atoms with Crippen LogP contribution in [0.25, 0.3) is 0 Å². The van der Waals surface area contributed by atoms with Crippen molar-refractivity contribution >= 4 is 11.9 Å². The van der Waals surface area contributed by atoms with Crippen molar-refractivity contribution in [2.45, 2.75) is 51.1 Å². The highest BCUT2D eigenvalue weighted by molar-refractivity contribution is 5.79. The van der Waals surface area contributed by atoms with E-state index in [1.807, 2.05) is 4.90 Å². The lowest BCUT2D eigenvalue weighted by molar-refractivity contribution is -0.142. The number of hydrogen-bond acceptors (Lipinski definition) is 4. The van der Waals surface area contributed by atoms with Crippen LogP contribution in [0.2, 0.25) is 0 Å². The molecule has 0 unspecified atom stereocenters. The second-order valence-corrected chi connectivity index (χ2v) is 7.44. The molecule has 1 amide bonds. The Morgan fingerprint density at radius 2 is 1.80 bits per heavy atom.